The van der Waals surface area contributed by atoms with Gasteiger partial charge in [-0.3, -0.25) is 9.59 Å². The second-order valence-corrected chi connectivity index (χ2v) is 9.80. The Bertz CT molecular complexity index is 1270. The van der Waals surface area contributed by atoms with Crippen LogP contribution in [0.1, 0.15) is 32.1 Å². The van der Waals surface area contributed by atoms with E-state index in [-0.39, 0.29) is 23.6 Å². The number of fused-ring (bicyclic) bond motifs is 1. The predicted octanol–water partition coefficient (Wildman–Crippen LogP) is 3.96. The number of likely N-dealkylation sites (tertiary alicyclic amines) is 1. The molecule has 11 heteroatoms. The first-order valence-electron chi connectivity index (χ1n) is 11.8. The average molecular weight is 501 g/mol. The highest BCUT2D eigenvalue weighted by Gasteiger charge is 2.37. The highest BCUT2D eigenvalue weighted by Crippen LogP contribution is 2.33. The van der Waals surface area contributed by atoms with Gasteiger partial charge in [-0.2, -0.15) is 0 Å². The van der Waals surface area contributed by atoms with Gasteiger partial charge in [-0.15, -0.1) is 0 Å². The van der Waals surface area contributed by atoms with Gasteiger partial charge in [-0.05, 0) is 44.1 Å². The Labute approximate surface area is 206 Å². The molecule has 1 aliphatic heterocycles. The molecule has 3 atom stereocenters. The highest BCUT2D eigenvalue weighted by molar-refractivity contribution is 6.31. The summed E-state index contributed by atoms with van der Waals surface area (Å²) in [5.41, 5.74) is 1.31. The van der Waals surface area contributed by atoms with Crippen molar-refractivity contribution < 1.29 is 19.1 Å². The number of halogens is 2. The first-order chi connectivity index (χ1) is 16.9. The zero-order chi connectivity index (χ0) is 24.5. The molecule has 1 amide bonds. The topological polar surface area (TPSA) is 124 Å². The van der Waals surface area contributed by atoms with Gasteiger partial charge in [-0.25, -0.2) is 19.3 Å². The van der Waals surface area contributed by atoms with E-state index in [1.165, 1.54) is 6.20 Å². The van der Waals surface area contributed by atoms with Crippen LogP contribution in [0.25, 0.3) is 22.4 Å². The van der Waals surface area contributed by atoms with Crippen LogP contribution in [-0.4, -0.2) is 61.5 Å². The summed E-state index contributed by atoms with van der Waals surface area (Å²) in [6.07, 6.45) is 7.75. The van der Waals surface area contributed by atoms with Gasteiger partial charge < -0.3 is 20.3 Å². The zero-order valence-electron chi connectivity index (χ0n) is 19.0. The van der Waals surface area contributed by atoms with Gasteiger partial charge in [0.25, 0.3) is 0 Å². The number of anilines is 1. The molecule has 3 aromatic rings. The van der Waals surface area contributed by atoms with Gasteiger partial charge in [-0.1, -0.05) is 11.6 Å². The minimum absolute atomic E-state index is 0.0422. The van der Waals surface area contributed by atoms with Gasteiger partial charge >= 0.3 is 5.97 Å². The first kappa shape index (κ1) is 23.5. The number of H-pyrrole nitrogens is 1. The summed E-state index contributed by atoms with van der Waals surface area (Å²) in [5, 5.41) is 13.5. The van der Waals surface area contributed by atoms with Crippen molar-refractivity contribution in [1.82, 2.24) is 24.8 Å². The Balaban J connectivity index is 1.24. The third kappa shape index (κ3) is 4.93. The van der Waals surface area contributed by atoms with E-state index in [4.69, 9.17) is 11.6 Å². The van der Waals surface area contributed by atoms with E-state index in [9.17, 15) is 19.1 Å². The molecule has 0 bridgehead atoms. The number of hydrogen-bond acceptors (Lipinski definition) is 6. The monoisotopic (exact) mass is 500 g/mol. The highest BCUT2D eigenvalue weighted by atomic mass is 35.5. The number of piperidine rings is 1. The number of carbonyl (C=O) groups is 2. The lowest BCUT2D eigenvalue weighted by Crippen LogP contribution is -2.44. The number of nitrogens with one attached hydrogen (secondary N) is 2. The summed E-state index contributed by atoms with van der Waals surface area (Å²) in [6.45, 7) is 1.69. The van der Waals surface area contributed by atoms with Crippen LogP contribution in [0.5, 0.6) is 0 Å². The summed E-state index contributed by atoms with van der Waals surface area (Å²) in [5.74, 6) is -1.40. The summed E-state index contributed by atoms with van der Waals surface area (Å²) in [4.78, 5) is 41.9. The second kappa shape index (κ2) is 9.77. The molecule has 3 aromatic heterocycles. The van der Waals surface area contributed by atoms with Crippen molar-refractivity contribution >= 4 is 40.3 Å². The van der Waals surface area contributed by atoms with E-state index in [0.717, 1.165) is 24.4 Å². The van der Waals surface area contributed by atoms with Gasteiger partial charge in [0.05, 0.1) is 17.1 Å². The van der Waals surface area contributed by atoms with Gasteiger partial charge in [0.2, 0.25) is 5.91 Å². The largest absolute Gasteiger partial charge is 0.481 e. The molecule has 2 aliphatic rings. The molecule has 3 N–H and O–H groups in total. The minimum Gasteiger partial charge on any atom is -0.481 e. The van der Waals surface area contributed by atoms with E-state index in [1.54, 1.807) is 12.3 Å². The standard InChI is InChI=1S/C24H26ClFN6O3/c25-16-7-17-18(10-29-20(17)28-9-16)21-30-11-19(26)22(31-21)27-8-13-2-1-5-32(12-13)23(33)14-3-4-15(6-14)24(34)35/h7,9-11,13-15H,1-6,8,12H2,(H,28,29)(H,34,35)(H,27,30,31)/t13?,14-,15+/m1/s1. The molecule has 4 heterocycles. The van der Waals surface area contributed by atoms with Crippen molar-refractivity contribution in [1.29, 1.82) is 0 Å². The first-order valence-corrected chi connectivity index (χ1v) is 12.2. The van der Waals surface area contributed by atoms with Crippen LogP contribution in [-0.2, 0) is 9.59 Å². The lowest BCUT2D eigenvalue weighted by atomic mass is 9.95. The molecule has 0 radical (unpaired) electrons. The normalized spacial score (nSPS) is 22.5. The van der Waals surface area contributed by atoms with E-state index in [2.05, 4.69) is 25.3 Å². The molecule has 9 nitrogen and oxygen atoms in total. The van der Waals surface area contributed by atoms with Crippen LogP contribution in [0.2, 0.25) is 5.02 Å². The lowest BCUT2D eigenvalue weighted by Gasteiger charge is -2.34. The third-order valence-corrected chi connectivity index (χ3v) is 7.21. The fourth-order valence-electron chi connectivity index (χ4n) is 5.14. The Morgan fingerprint density at radius 1 is 1.23 bits per heavy atom. The molecule has 2 fully saturated rings. The van der Waals surface area contributed by atoms with E-state index < -0.39 is 17.7 Å². The maximum atomic E-state index is 14.5. The molecule has 0 aromatic carbocycles. The Hall–Kier alpha value is -3.27. The van der Waals surface area contributed by atoms with Crippen molar-refractivity contribution in [3.05, 3.63) is 35.5 Å². The summed E-state index contributed by atoms with van der Waals surface area (Å²) >= 11 is 6.08. The van der Waals surface area contributed by atoms with Gasteiger partial charge in [0, 0.05) is 48.9 Å². The van der Waals surface area contributed by atoms with E-state index in [1.807, 2.05) is 4.90 Å². The molecule has 184 valence electrons. The van der Waals surface area contributed by atoms with Crippen LogP contribution >= 0.6 is 11.6 Å². The van der Waals surface area contributed by atoms with Gasteiger partial charge in [0.15, 0.2) is 17.5 Å². The number of carbonyl (C=O) groups excluding carboxylic acids is 1. The summed E-state index contributed by atoms with van der Waals surface area (Å²) < 4.78 is 14.5. The van der Waals surface area contributed by atoms with Crippen LogP contribution in [0, 0.1) is 23.6 Å². The smallest absolute Gasteiger partial charge is 0.306 e. The maximum absolute atomic E-state index is 14.5. The number of amides is 1. The van der Waals surface area contributed by atoms with Crippen LogP contribution in [0.15, 0.2) is 24.7 Å². The Kier molecular flexibility index (Phi) is 6.55. The molecule has 35 heavy (non-hydrogen) atoms. The minimum atomic E-state index is -0.820. The molecule has 1 unspecified atom stereocenters. The number of carboxylic acids is 1. The van der Waals surface area contributed by atoms with Crippen molar-refractivity contribution in [2.45, 2.75) is 32.1 Å². The van der Waals surface area contributed by atoms with Crippen molar-refractivity contribution in [3.63, 3.8) is 0 Å². The molecule has 5 rings (SSSR count). The molecular formula is C24H26ClFN6O3. The fraction of sp³-hybridized carbons (Fsp3) is 0.458. The molecule has 1 saturated carbocycles. The number of nitrogens with zero attached hydrogens (tertiary/aromatic N) is 4. The van der Waals surface area contributed by atoms with E-state index in [0.29, 0.717) is 61.0 Å². The molecule has 1 aliphatic carbocycles. The number of aromatic nitrogens is 4. The quantitative estimate of drug-likeness (QED) is 0.468. The number of aliphatic carboxylic acids is 1. The number of hydrogen-bond donors (Lipinski definition) is 3. The van der Waals surface area contributed by atoms with E-state index >= 15 is 0 Å². The molecular weight excluding hydrogens is 475 g/mol. The number of carboxylic acid groups (broad SMARTS) is 1. The number of rotatable bonds is 6. The van der Waals surface area contributed by atoms with Crippen molar-refractivity contribution in [2.24, 2.45) is 17.8 Å². The number of aromatic amines is 1. The SMILES string of the molecule is O=C(O)[C@H]1CC[C@@H](C(=O)N2CCCC(CNc3nc(-c4c[nH]c5ncc(Cl)cc45)ncc3F)C2)C1. The maximum Gasteiger partial charge on any atom is 0.306 e. The van der Waals surface area contributed by atoms with Crippen molar-refractivity contribution in [3.8, 4) is 11.4 Å². The third-order valence-electron chi connectivity index (χ3n) is 7.00. The van der Waals surface area contributed by atoms with Crippen LogP contribution in [0.4, 0.5) is 10.2 Å². The Morgan fingerprint density at radius 2 is 2.06 bits per heavy atom. The summed E-state index contributed by atoms with van der Waals surface area (Å²) in [6, 6.07) is 1.76. The van der Waals surface area contributed by atoms with Crippen molar-refractivity contribution in [2.75, 3.05) is 25.0 Å². The Morgan fingerprint density at radius 3 is 2.86 bits per heavy atom. The van der Waals surface area contributed by atoms with Crippen LogP contribution in [0.3, 0.4) is 0 Å². The second-order valence-electron chi connectivity index (χ2n) is 9.36. The fourth-order valence-corrected chi connectivity index (χ4v) is 5.30. The van der Waals surface area contributed by atoms with Crippen LogP contribution < -0.4 is 5.32 Å². The molecule has 1 saturated heterocycles. The predicted molar refractivity (Wildman–Crippen MR) is 128 cm³/mol. The molecule has 0 spiro atoms. The van der Waals surface area contributed by atoms with Gasteiger partial charge in [0.1, 0.15) is 5.65 Å². The number of pyridine rings is 1. The lowest BCUT2D eigenvalue weighted by molar-refractivity contribution is -0.142. The average Bonchev–Trinajstić information content (AvgIpc) is 3.51. The summed E-state index contributed by atoms with van der Waals surface area (Å²) in [7, 11) is 0. The zero-order valence-corrected chi connectivity index (χ0v) is 19.8.